The topological polar surface area (TPSA) is 21.6 Å². The maximum absolute atomic E-state index is 5.97. The van der Waals surface area contributed by atoms with Crippen LogP contribution in [-0.2, 0) is 0 Å². The molecular formula is C14H16BrNOS2. The van der Waals surface area contributed by atoms with Crippen LogP contribution in [0.3, 0.4) is 0 Å². The van der Waals surface area contributed by atoms with Gasteiger partial charge in [-0.1, -0.05) is 15.9 Å². The first-order valence-corrected chi connectivity index (χ1v) is 9.26. The van der Waals surface area contributed by atoms with E-state index in [0.29, 0.717) is 4.58 Å². The molecule has 0 bridgehead atoms. The zero-order valence-electron chi connectivity index (χ0n) is 11.0. The lowest BCUT2D eigenvalue weighted by molar-refractivity contribution is 0.115. The molecule has 2 aliphatic rings. The van der Waals surface area contributed by atoms with Crippen LogP contribution < -0.4 is 4.74 Å². The third kappa shape index (κ3) is 2.98. The second-order valence-corrected chi connectivity index (χ2v) is 8.75. The quantitative estimate of drug-likeness (QED) is 0.734. The minimum absolute atomic E-state index is 0.435. The molecule has 0 spiro atoms. The Labute approximate surface area is 130 Å². The van der Waals surface area contributed by atoms with Crippen LogP contribution in [0.15, 0.2) is 27.7 Å². The van der Waals surface area contributed by atoms with Gasteiger partial charge >= 0.3 is 0 Å². The van der Waals surface area contributed by atoms with Gasteiger partial charge in [-0.05, 0) is 50.0 Å². The monoisotopic (exact) mass is 357 g/mol. The molecule has 0 saturated carbocycles. The van der Waals surface area contributed by atoms with Crippen LogP contribution in [0.4, 0.5) is 0 Å². The Bertz CT molecular complexity index is 524. The normalized spacial score (nSPS) is 22.4. The van der Waals surface area contributed by atoms with E-state index >= 15 is 0 Å². The van der Waals surface area contributed by atoms with Crippen LogP contribution >= 0.6 is 39.5 Å². The Balaban J connectivity index is 2.04. The fourth-order valence-corrected chi connectivity index (χ4v) is 5.49. The molecule has 19 heavy (non-hydrogen) atoms. The highest BCUT2D eigenvalue weighted by Gasteiger charge is 2.33. The van der Waals surface area contributed by atoms with Crippen molar-refractivity contribution < 1.29 is 4.74 Å². The number of hydrogen-bond donors (Lipinski definition) is 0. The first-order chi connectivity index (χ1) is 9.05. The molecule has 102 valence electrons. The van der Waals surface area contributed by atoms with Crippen molar-refractivity contribution in [2.75, 3.05) is 11.5 Å². The second-order valence-electron chi connectivity index (χ2n) is 5.11. The van der Waals surface area contributed by atoms with Crippen molar-refractivity contribution in [3.63, 3.8) is 0 Å². The number of nitrogens with zero attached hydrogens (tertiary/aromatic N) is 1. The van der Waals surface area contributed by atoms with Gasteiger partial charge in [-0.15, -0.1) is 23.5 Å². The predicted molar refractivity (Wildman–Crippen MR) is 88.7 cm³/mol. The first kappa shape index (κ1) is 13.8. The smallest absolute Gasteiger partial charge is 0.194 e. The van der Waals surface area contributed by atoms with Crippen LogP contribution in [0.5, 0.6) is 5.75 Å². The number of halogens is 1. The number of aliphatic imine (C=N–C) groups is 1. The number of ether oxygens (including phenoxy) is 1. The molecule has 0 unspecified atom stereocenters. The van der Waals surface area contributed by atoms with Crippen molar-refractivity contribution in [2.45, 2.75) is 30.6 Å². The summed E-state index contributed by atoms with van der Waals surface area (Å²) in [6.45, 7) is 4.05. The zero-order valence-corrected chi connectivity index (χ0v) is 14.2. The molecule has 0 atom stereocenters. The SMILES string of the molecule is CC1(C)N=C(C2SCCCS2)c2cc(Br)ccc2O1. The van der Waals surface area contributed by atoms with Gasteiger partial charge in [-0.2, -0.15) is 0 Å². The molecule has 0 aliphatic carbocycles. The van der Waals surface area contributed by atoms with Crippen LogP contribution in [0.1, 0.15) is 25.8 Å². The number of hydrogen-bond acceptors (Lipinski definition) is 4. The number of fused-ring (bicyclic) bond motifs is 1. The van der Waals surface area contributed by atoms with Crippen LogP contribution in [0.2, 0.25) is 0 Å². The summed E-state index contributed by atoms with van der Waals surface area (Å²) >= 11 is 7.55. The van der Waals surface area contributed by atoms with Gasteiger partial charge < -0.3 is 4.74 Å². The van der Waals surface area contributed by atoms with E-state index in [4.69, 9.17) is 9.73 Å². The van der Waals surface area contributed by atoms with Crippen LogP contribution in [0, 0.1) is 0 Å². The molecule has 2 heterocycles. The second kappa shape index (κ2) is 5.34. The van der Waals surface area contributed by atoms with Crippen molar-refractivity contribution in [3.05, 3.63) is 28.2 Å². The van der Waals surface area contributed by atoms with E-state index in [2.05, 4.69) is 22.0 Å². The molecule has 1 fully saturated rings. The average molecular weight is 358 g/mol. The highest BCUT2D eigenvalue weighted by atomic mass is 79.9. The van der Waals surface area contributed by atoms with Gasteiger partial charge in [0.2, 0.25) is 0 Å². The van der Waals surface area contributed by atoms with Crippen molar-refractivity contribution >= 4 is 45.2 Å². The van der Waals surface area contributed by atoms with Crippen molar-refractivity contribution in [3.8, 4) is 5.75 Å². The molecule has 0 N–H and O–H groups in total. The fraction of sp³-hybridized carbons (Fsp3) is 0.500. The molecule has 1 saturated heterocycles. The molecule has 1 aromatic carbocycles. The molecule has 0 amide bonds. The number of rotatable bonds is 1. The molecule has 2 nitrogen and oxygen atoms in total. The van der Waals surface area contributed by atoms with E-state index in [1.54, 1.807) is 0 Å². The van der Waals surface area contributed by atoms with E-state index in [1.807, 2.05) is 49.5 Å². The van der Waals surface area contributed by atoms with Crippen LogP contribution in [0.25, 0.3) is 0 Å². The first-order valence-electron chi connectivity index (χ1n) is 6.37. The lowest BCUT2D eigenvalue weighted by Crippen LogP contribution is -2.35. The Morgan fingerprint density at radius 3 is 2.79 bits per heavy atom. The van der Waals surface area contributed by atoms with Crippen molar-refractivity contribution in [1.82, 2.24) is 0 Å². The van der Waals surface area contributed by atoms with Crippen molar-refractivity contribution in [2.24, 2.45) is 4.99 Å². The standard InChI is InChI=1S/C14H16BrNOS2/c1-14(2)16-12(13-18-6-3-7-19-13)10-8-9(15)4-5-11(10)17-14/h4-5,8,13H,3,6-7H2,1-2H3. The van der Waals surface area contributed by atoms with Gasteiger partial charge in [0.05, 0.1) is 10.3 Å². The summed E-state index contributed by atoms with van der Waals surface area (Å²) in [6.07, 6.45) is 1.30. The lowest BCUT2D eigenvalue weighted by atomic mass is 10.1. The molecular weight excluding hydrogens is 342 g/mol. The maximum atomic E-state index is 5.97. The number of thioether (sulfide) groups is 2. The Kier molecular flexibility index (Phi) is 3.89. The Hall–Kier alpha value is -0.130. The summed E-state index contributed by atoms with van der Waals surface area (Å²) in [6, 6.07) is 6.19. The fourth-order valence-electron chi connectivity index (χ4n) is 2.26. The largest absolute Gasteiger partial charge is 0.466 e. The molecule has 1 aromatic rings. The zero-order chi connectivity index (χ0) is 13.5. The summed E-state index contributed by atoms with van der Waals surface area (Å²) in [5, 5.41) is 0. The third-order valence-corrected chi connectivity index (χ3v) is 6.43. The summed E-state index contributed by atoms with van der Waals surface area (Å²) in [7, 11) is 0. The Morgan fingerprint density at radius 2 is 2.05 bits per heavy atom. The summed E-state index contributed by atoms with van der Waals surface area (Å²) < 4.78 is 7.48. The summed E-state index contributed by atoms with van der Waals surface area (Å²) in [4.78, 5) is 4.85. The average Bonchev–Trinajstić information content (AvgIpc) is 2.39. The summed E-state index contributed by atoms with van der Waals surface area (Å²) in [5.41, 5.74) is 1.86. The van der Waals surface area contributed by atoms with E-state index in [-0.39, 0.29) is 0 Å². The minimum Gasteiger partial charge on any atom is -0.466 e. The minimum atomic E-state index is -0.464. The van der Waals surface area contributed by atoms with Crippen molar-refractivity contribution in [1.29, 1.82) is 0 Å². The van der Waals surface area contributed by atoms with E-state index in [0.717, 1.165) is 15.8 Å². The Morgan fingerprint density at radius 1 is 1.32 bits per heavy atom. The van der Waals surface area contributed by atoms with Gasteiger partial charge in [0.15, 0.2) is 5.72 Å². The number of benzene rings is 1. The molecule has 0 radical (unpaired) electrons. The van der Waals surface area contributed by atoms with E-state index in [9.17, 15) is 0 Å². The molecule has 2 aliphatic heterocycles. The van der Waals surface area contributed by atoms with Crippen LogP contribution in [-0.4, -0.2) is 27.5 Å². The van der Waals surface area contributed by atoms with Gasteiger partial charge in [0.25, 0.3) is 0 Å². The van der Waals surface area contributed by atoms with Gasteiger partial charge in [0.1, 0.15) is 5.75 Å². The van der Waals surface area contributed by atoms with E-state index < -0.39 is 5.72 Å². The third-order valence-electron chi connectivity index (χ3n) is 3.02. The highest BCUT2D eigenvalue weighted by Crippen LogP contribution is 2.40. The highest BCUT2D eigenvalue weighted by molar-refractivity contribution is 9.10. The predicted octanol–water partition coefficient (Wildman–Crippen LogP) is 4.56. The maximum Gasteiger partial charge on any atom is 0.194 e. The van der Waals surface area contributed by atoms with Gasteiger partial charge in [-0.3, -0.25) is 0 Å². The summed E-state index contributed by atoms with van der Waals surface area (Å²) in [5.74, 6) is 3.40. The molecule has 3 rings (SSSR count). The molecule has 0 aromatic heterocycles. The molecule has 5 heteroatoms. The van der Waals surface area contributed by atoms with E-state index in [1.165, 1.54) is 23.6 Å². The lowest BCUT2D eigenvalue weighted by Gasteiger charge is -2.33. The van der Waals surface area contributed by atoms with Gasteiger partial charge in [-0.25, -0.2) is 4.99 Å². The van der Waals surface area contributed by atoms with Gasteiger partial charge in [0, 0.05) is 10.0 Å².